The highest BCUT2D eigenvalue weighted by molar-refractivity contribution is 5.85. The van der Waals surface area contributed by atoms with Gasteiger partial charge in [-0.1, -0.05) is 12.1 Å². The molecule has 0 aliphatic heterocycles. The van der Waals surface area contributed by atoms with Gasteiger partial charge < -0.3 is 15.4 Å². The molecule has 0 saturated carbocycles. The summed E-state index contributed by atoms with van der Waals surface area (Å²) in [5.41, 5.74) is 8.78. The maximum absolute atomic E-state index is 10.8. The number of aromatic nitrogens is 1. The second-order valence-corrected chi connectivity index (χ2v) is 4.24. The summed E-state index contributed by atoms with van der Waals surface area (Å²) in [4.78, 5) is 10.8. The molecular weight excluding hydrogens is 216 g/mol. The molecule has 3 N–H and O–H groups in total. The Morgan fingerprint density at radius 3 is 2.88 bits per heavy atom. The van der Waals surface area contributed by atoms with Crippen molar-refractivity contribution in [3.63, 3.8) is 0 Å². The Balaban J connectivity index is 2.57. The Morgan fingerprint density at radius 1 is 1.47 bits per heavy atom. The first kappa shape index (κ1) is 11.7. The fourth-order valence-corrected chi connectivity index (χ4v) is 2.11. The quantitative estimate of drug-likeness (QED) is 0.840. The Kier molecular flexibility index (Phi) is 3.15. The zero-order valence-electron chi connectivity index (χ0n) is 9.81. The van der Waals surface area contributed by atoms with Gasteiger partial charge in [0, 0.05) is 17.1 Å². The van der Waals surface area contributed by atoms with Gasteiger partial charge in [-0.25, -0.2) is 0 Å². The van der Waals surface area contributed by atoms with Crippen LogP contribution in [-0.4, -0.2) is 22.2 Å². The van der Waals surface area contributed by atoms with E-state index in [1.54, 1.807) is 4.57 Å². The zero-order chi connectivity index (χ0) is 12.4. The molecule has 0 aliphatic rings. The van der Waals surface area contributed by atoms with Gasteiger partial charge in [0.15, 0.2) is 0 Å². The summed E-state index contributed by atoms with van der Waals surface area (Å²) in [6, 6.07) is 6.08. The summed E-state index contributed by atoms with van der Waals surface area (Å²) in [5.74, 6) is -0.831. The van der Waals surface area contributed by atoms with Crippen LogP contribution in [0.4, 0.5) is 0 Å². The van der Waals surface area contributed by atoms with Crippen LogP contribution >= 0.6 is 0 Å². The Labute approximate surface area is 99.7 Å². The van der Waals surface area contributed by atoms with E-state index in [1.807, 2.05) is 31.3 Å². The number of carbonyl (C=O) groups is 1. The van der Waals surface area contributed by atoms with Crippen LogP contribution in [0.3, 0.4) is 0 Å². The van der Waals surface area contributed by atoms with Crippen LogP contribution < -0.4 is 5.73 Å². The number of aryl methyl sites for hydroxylation is 1. The summed E-state index contributed by atoms with van der Waals surface area (Å²) >= 11 is 0. The third-order valence-corrected chi connectivity index (χ3v) is 2.84. The monoisotopic (exact) mass is 232 g/mol. The number of carboxylic acid groups (broad SMARTS) is 1. The molecule has 0 saturated heterocycles. The van der Waals surface area contributed by atoms with E-state index in [4.69, 9.17) is 10.8 Å². The lowest BCUT2D eigenvalue weighted by Gasteiger charge is -2.01. The normalized spacial score (nSPS) is 10.9. The van der Waals surface area contributed by atoms with E-state index in [-0.39, 0.29) is 6.54 Å². The summed E-state index contributed by atoms with van der Waals surface area (Å²) in [6.07, 6.45) is 2.66. The van der Waals surface area contributed by atoms with E-state index in [0.29, 0.717) is 6.54 Å². The fourth-order valence-electron chi connectivity index (χ4n) is 2.11. The number of nitrogens with zero attached hydrogens (tertiary/aromatic N) is 1. The van der Waals surface area contributed by atoms with Crippen LogP contribution in [0.5, 0.6) is 0 Å². The number of nitrogens with two attached hydrogens (primary N) is 1. The molecular formula is C13H16N2O2. The lowest BCUT2D eigenvalue weighted by atomic mass is 10.1. The van der Waals surface area contributed by atoms with Crippen molar-refractivity contribution in [1.29, 1.82) is 0 Å². The molecule has 0 aliphatic carbocycles. The van der Waals surface area contributed by atoms with Crippen molar-refractivity contribution in [2.75, 3.05) is 6.54 Å². The number of hydrogen-bond donors (Lipinski definition) is 2. The highest BCUT2D eigenvalue weighted by Gasteiger charge is 2.10. The topological polar surface area (TPSA) is 68.2 Å². The molecule has 0 bridgehead atoms. The van der Waals surface area contributed by atoms with Gasteiger partial charge in [-0.15, -0.1) is 0 Å². The van der Waals surface area contributed by atoms with E-state index < -0.39 is 5.97 Å². The number of hydrogen-bond acceptors (Lipinski definition) is 2. The van der Waals surface area contributed by atoms with Gasteiger partial charge in [-0.05, 0) is 37.1 Å². The number of rotatable bonds is 4. The van der Waals surface area contributed by atoms with E-state index >= 15 is 0 Å². The Bertz CT molecular complexity index is 558. The summed E-state index contributed by atoms with van der Waals surface area (Å²) < 4.78 is 1.77. The van der Waals surface area contributed by atoms with E-state index in [1.165, 1.54) is 0 Å². The molecule has 0 spiro atoms. The van der Waals surface area contributed by atoms with Gasteiger partial charge in [0.2, 0.25) is 0 Å². The second kappa shape index (κ2) is 4.59. The molecule has 17 heavy (non-hydrogen) atoms. The molecule has 90 valence electrons. The van der Waals surface area contributed by atoms with Gasteiger partial charge in [0.25, 0.3) is 0 Å². The largest absolute Gasteiger partial charge is 0.480 e. The third kappa shape index (κ3) is 2.31. The van der Waals surface area contributed by atoms with Crippen LogP contribution in [0, 0.1) is 6.92 Å². The van der Waals surface area contributed by atoms with Crippen molar-refractivity contribution in [3.8, 4) is 0 Å². The third-order valence-electron chi connectivity index (χ3n) is 2.84. The Hall–Kier alpha value is -1.81. The minimum absolute atomic E-state index is 0.00940. The van der Waals surface area contributed by atoms with Crippen molar-refractivity contribution >= 4 is 16.9 Å². The lowest BCUT2D eigenvalue weighted by molar-refractivity contribution is -0.137. The van der Waals surface area contributed by atoms with Crippen LogP contribution in [0.1, 0.15) is 11.1 Å². The predicted octanol–water partition coefficient (Wildman–Crippen LogP) is 1.54. The molecule has 2 rings (SSSR count). The molecule has 0 amide bonds. The Morgan fingerprint density at radius 2 is 2.24 bits per heavy atom. The second-order valence-electron chi connectivity index (χ2n) is 4.24. The van der Waals surface area contributed by atoms with Crippen molar-refractivity contribution in [2.24, 2.45) is 5.73 Å². The van der Waals surface area contributed by atoms with Crippen molar-refractivity contribution in [1.82, 2.24) is 4.57 Å². The maximum atomic E-state index is 10.8. The number of carboxylic acids is 1. The van der Waals surface area contributed by atoms with Crippen LogP contribution in [-0.2, 0) is 17.8 Å². The van der Waals surface area contributed by atoms with Gasteiger partial charge >= 0.3 is 5.97 Å². The lowest BCUT2D eigenvalue weighted by Crippen LogP contribution is -2.07. The van der Waals surface area contributed by atoms with E-state index in [0.717, 1.165) is 28.5 Å². The van der Waals surface area contributed by atoms with Gasteiger partial charge in [-0.2, -0.15) is 0 Å². The SMILES string of the molecule is Cc1ccc2c(CCN)cn(CC(=O)O)c2c1. The first-order valence-corrected chi connectivity index (χ1v) is 5.62. The minimum atomic E-state index is -0.831. The molecule has 0 atom stereocenters. The van der Waals surface area contributed by atoms with Gasteiger partial charge in [0.1, 0.15) is 6.54 Å². The van der Waals surface area contributed by atoms with Crippen molar-refractivity contribution < 1.29 is 9.90 Å². The summed E-state index contributed by atoms with van der Waals surface area (Å²) in [7, 11) is 0. The maximum Gasteiger partial charge on any atom is 0.323 e. The number of fused-ring (bicyclic) bond motifs is 1. The molecule has 2 aromatic rings. The molecule has 0 fully saturated rings. The summed E-state index contributed by atoms with van der Waals surface area (Å²) in [6.45, 7) is 2.56. The van der Waals surface area contributed by atoms with Crippen LogP contribution in [0.2, 0.25) is 0 Å². The fraction of sp³-hybridized carbons (Fsp3) is 0.308. The molecule has 1 aromatic carbocycles. The average Bonchev–Trinajstić information content (AvgIpc) is 2.56. The first-order valence-electron chi connectivity index (χ1n) is 5.62. The highest BCUT2D eigenvalue weighted by Crippen LogP contribution is 2.23. The van der Waals surface area contributed by atoms with E-state index in [2.05, 4.69) is 0 Å². The minimum Gasteiger partial charge on any atom is -0.480 e. The molecule has 1 heterocycles. The van der Waals surface area contributed by atoms with Crippen LogP contribution in [0.25, 0.3) is 10.9 Å². The van der Waals surface area contributed by atoms with Crippen molar-refractivity contribution in [2.45, 2.75) is 19.9 Å². The summed E-state index contributed by atoms with van der Waals surface area (Å²) in [5, 5.41) is 9.99. The molecule has 0 unspecified atom stereocenters. The zero-order valence-corrected chi connectivity index (χ0v) is 9.81. The van der Waals surface area contributed by atoms with Gasteiger partial charge in [0.05, 0.1) is 0 Å². The van der Waals surface area contributed by atoms with E-state index in [9.17, 15) is 4.79 Å². The molecule has 4 heteroatoms. The molecule has 0 radical (unpaired) electrons. The van der Waals surface area contributed by atoms with Gasteiger partial charge in [-0.3, -0.25) is 4.79 Å². The smallest absolute Gasteiger partial charge is 0.323 e. The first-order chi connectivity index (χ1) is 8.11. The van der Waals surface area contributed by atoms with Crippen molar-refractivity contribution in [3.05, 3.63) is 35.5 Å². The number of aliphatic carboxylic acids is 1. The molecule has 4 nitrogen and oxygen atoms in total. The standard InChI is InChI=1S/C13H16N2O2/c1-9-2-3-11-10(4-5-14)7-15(8-13(16)17)12(11)6-9/h2-3,6-7H,4-5,8,14H2,1H3,(H,16,17). The average molecular weight is 232 g/mol. The number of benzene rings is 1. The highest BCUT2D eigenvalue weighted by atomic mass is 16.4. The predicted molar refractivity (Wildman–Crippen MR) is 67.1 cm³/mol. The van der Waals surface area contributed by atoms with Crippen LogP contribution in [0.15, 0.2) is 24.4 Å². The molecule has 1 aromatic heterocycles.